The first-order valence-corrected chi connectivity index (χ1v) is 5.43. The molecule has 1 unspecified atom stereocenters. The lowest BCUT2D eigenvalue weighted by Crippen LogP contribution is -2.37. The third-order valence-corrected chi connectivity index (χ3v) is 3.12. The summed E-state index contributed by atoms with van der Waals surface area (Å²) in [6.07, 6.45) is 2.29. The Bertz CT molecular complexity index is 253. The molecule has 0 amide bonds. The zero-order valence-corrected chi connectivity index (χ0v) is 8.54. The molecular weight excluding hydrogens is 200 g/mol. The molecule has 1 aliphatic rings. The molecule has 0 spiro atoms. The minimum Gasteiger partial charge on any atom is -0.300 e. The first-order valence-electron chi connectivity index (χ1n) is 3.51. The van der Waals surface area contributed by atoms with Gasteiger partial charge in [-0.3, -0.25) is 4.79 Å². The molecule has 72 valence electrons. The smallest absolute Gasteiger partial charge is 0.135 e. The van der Waals surface area contributed by atoms with Crippen LogP contribution in [0.15, 0.2) is 0 Å². The van der Waals surface area contributed by atoms with Crippen molar-refractivity contribution in [2.75, 3.05) is 19.3 Å². The minimum absolute atomic E-state index is 0. The number of ketones is 1. The van der Waals surface area contributed by atoms with E-state index < -0.39 is 9.92 Å². The fourth-order valence-electron chi connectivity index (χ4n) is 1.08. The van der Waals surface area contributed by atoms with Crippen LogP contribution in [0.4, 0.5) is 0 Å². The molecule has 0 aliphatic carbocycles. The molecule has 12 heavy (non-hydrogen) atoms. The second kappa shape index (κ2) is 4.20. The minimum atomic E-state index is -2.57. The molecule has 1 saturated heterocycles. The first kappa shape index (κ1) is 11.9. The number of carbonyl (C=O) groups excluding carboxylic acids is 1. The Balaban J connectivity index is 0.00000121. The van der Waals surface area contributed by atoms with Gasteiger partial charge in [0.2, 0.25) is 0 Å². The molecule has 1 atom stereocenters. The van der Waals surface area contributed by atoms with E-state index in [0.717, 1.165) is 0 Å². The van der Waals surface area contributed by atoms with Gasteiger partial charge in [-0.15, -0.1) is 12.4 Å². The maximum absolute atomic E-state index is 11.1. The molecular formula is C6H13ClN2O2S. The second-order valence-corrected chi connectivity index (χ2v) is 4.89. The largest absolute Gasteiger partial charge is 0.300 e. The summed E-state index contributed by atoms with van der Waals surface area (Å²) in [4.78, 5) is 10.8. The fourth-order valence-corrected chi connectivity index (χ4v) is 1.96. The average Bonchev–Trinajstić information content (AvgIpc) is 1.86. The van der Waals surface area contributed by atoms with Gasteiger partial charge < -0.3 is 0 Å². The van der Waals surface area contributed by atoms with Crippen molar-refractivity contribution in [3.63, 3.8) is 0 Å². The highest BCUT2D eigenvalue weighted by atomic mass is 35.5. The van der Waals surface area contributed by atoms with Crippen LogP contribution in [0.25, 0.3) is 0 Å². The molecule has 1 fully saturated rings. The zero-order valence-electron chi connectivity index (χ0n) is 6.91. The molecule has 6 heteroatoms. The predicted molar refractivity (Wildman–Crippen MR) is 49.8 cm³/mol. The van der Waals surface area contributed by atoms with Crippen molar-refractivity contribution in [1.82, 2.24) is 4.31 Å². The fraction of sp³-hybridized carbons (Fsp3) is 0.833. The standard InChI is InChI=1S/C6H12N2O2S.ClH/c1-11(7,10)8-4-2-6(9)3-5-8;/h7H,2-5H2,1H3;1H. The lowest BCUT2D eigenvalue weighted by molar-refractivity contribution is -0.120. The van der Waals surface area contributed by atoms with Gasteiger partial charge in [-0.2, -0.15) is 0 Å². The van der Waals surface area contributed by atoms with E-state index in [1.807, 2.05) is 0 Å². The molecule has 0 aromatic rings. The van der Waals surface area contributed by atoms with Gasteiger partial charge in [-0.25, -0.2) is 13.3 Å². The van der Waals surface area contributed by atoms with E-state index in [1.165, 1.54) is 6.26 Å². The lowest BCUT2D eigenvalue weighted by atomic mass is 10.1. The summed E-state index contributed by atoms with van der Waals surface area (Å²) >= 11 is 0. The van der Waals surface area contributed by atoms with Crippen LogP contribution in [0.3, 0.4) is 0 Å². The van der Waals surface area contributed by atoms with Gasteiger partial charge in [0.1, 0.15) is 15.7 Å². The molecule has 1 rings (SSSR count). The highest BCUT2D eigenvalue weighted by Gasteiger charge is 2.20. The maximum Gasteiger partial charge on any atom is 0.135 e. The molecule has 0 bridgehead atoms. The Morgan fingerprint density at radius 2 is 1.83 bits per heavy atom. The van der Waals surface area contributed by atoms with Crippen LogP contribution in [0.2, 0.25) is 0 Å². The molecule has 4 nitrogen and oxygen atoms in total. The molecule has 1 aliphatic heterocycles. The second-order valence-electron chi connectivity index (χ2n) is 2.77. The third kappa shape index (κ3) is 3.08. The van der Waals surface area contributed by atoms with Gasteiger partial charge in [0.25, 0.3) is 0 Å². The summed E-state index contributed by atoms with van der Waals surface area (Å²) < 4.78 is 19.9. The summed E-state index contributed by atoms with van der Waals surface area (Å²) in [5, 5.41) is 0. The van der Waals surface area contributed by atoms with E-state index >= 15 is 0 Å². The summed E-state index contributed by atoms with van der Waals surface area (Å²) in [6, 6.07) is 0. The highest BCUT2D eigenvalue weighted by molar-refractivity contribution is 7.89. The number of nitrogens with zero attached hydrogens (tertiary/aromatic N) is 1. The van der Waals surface area contributed by atoms with Crippen molar-refractivity contribution in [2.45, 2.75) is 12.8 Å². The van der Waals surface area contributed by atoms with E-state index in [0.29, 0.717) is 25.9 Å². The van der Waals surface area contributed by atoms with Crippen molar-refractivity contribution in [2.24, 2.45) is 0 Å². The van der Waals surface area contributed by atoms with E-state index in [-0.39, 0.29) is 18.2 Å². The van der Waals surface area contributed by atoms with Crippen molar-refractivity contribution in [1.29, 1.82) is 4.78 Å². The molecule has 0 saturated carbocycles. The van der Waals surface area contributed by atoms with Crippen LogP contribution in [-0.4, -0.2) is 33.6 Å². The van der Waals surface area contributed by atoms with Crippen molar-refractivity contribution >= 4 is 28.1 Å². The van der Waals surface area contributed by atoms with E-state index in [2.05, 4.69) is 0 Å². The van der Waals surface area contributed by atoms with Crippen molar-refractivity contribution < 1.29 is 9.00 Å². The van der Waals surface area contributed by atoms with Crippen LogP contribution >= 0.6 is 12.4 Å². The van der Waals surface area contributed by atoms with Crippen LogP contribution in [0, 0.1) is 4.78 Å². The maximum atomic E-state index is 11.1. The van der Waals surface area contributed by atoms with Crippen LogP contribution in [-0.2, 0) is 14.7 Å². The summed E-state index contributed by atoms with van der Waals surface area (Å²) in [7, 11) is -2.57. The lowest BCUT2D eigenvalue weighted by Gasteiger charge is -2.25. The van der Waals surface area contributed by atoms with Crippen molar-refractivity contribution in [3.8, 4) is 0 Å². The number of rotatable bonds is 1. The Hall–Kier alpha value is -0.130. The number of hydrogen-bond acceptors (Lipinski definition) is 3. The molecule has 0 radical (unpaired) electrons. The summed E-state index contributed by atoms with van der Waals surface area (Å²) in [5.41, 5.74) is 0. The van der Waals surface area contributed by atoms with E-state index in [4.69, 9.17) is 4.78 Å². The summed E-state index contributed by atoms with van der Waals surface area (Å²) in [6.45, 7) is 0.968. The molecule has 1 N–H and O–H groups in total. The normalized spacial score (nSPS) is 24.2. The molecule has 0 aromatic heterocycles. The van der Waals surface area contributed by atoms with Gasteiger partial charge in [0, 0.05) is 32.2 Å². The monoisotopic (exact) mass is 212 g/mol. The zero-order chi connectivity index (χ0) is 8.48. The number of carbonyl (C=O) groups is 1. The average molecular weight is 213 g/mol. The Morgan fingerprint density at radius 3 is 2.17 bits per heavy atom. The van der Waals surface area contributed by atoms with Crippen molar-refractivity contribution in [3.05, 3.63) is 0 Å². The van der Waals surface area contributed by atoms with Gasteiger partial charge in [-0.05, 0) is 0 Å². The van der Waals surface area contributed by atoms with Crippen LogP contribution in [0.5, 0.6) is 0 Å². The quantitative estimate of drug-likeness (QED) is 0.695. The highest BCUT2D eigenvalue weighted by Crippen LogP contribution is 2.09. The van der Waals surface area contributed by atoms with E-state index in [9.17, 15) is 9.00 Å². The first-order chi connectivity index (χ1) is 5.00. The third-order valence-electron chi connectivity index (χ3n) is 1.77. The van der Waals surface area contributed by atoms with E-state index in [1.54, 1.807) is 4.31 Å². The van der Waals surface area contributed by atoms with Gasteiger partial charge in [0.05, 0.1) is 0 Å². The number of nitrogens with one attached hydrogen (secondary N) is 1. The van der Waals surface area contributed by atoms with Crippen LogP contribution in [0.1, 0.15) is 12.8 Å². The van der Waals surface area contributed by atoms with Gasteiger partial charge >= 0.3 is 0 Å². The summed E-state index contributed by atoms with van der Waals surface area (Å²) in [5.74, 6) is 0.213. The Kier molecular flexibility index (Phi) is 4.16. The number of piperidine rings is 1. The van der Waals surface area contributed by atoms with Crippen LogP contribution < -0.4 is 0 Å². The topological polar surface area (TPSA) is 61.2 Å². The molecule has 0 aromatic carbocycles. The Morgan fingerprint density at radius 1 is 1.42 bits per heavy atom. The Labute approximate surface area is 78.8 Å². The number of Topliss-reactive ketones (excluding diaryl/α,β-unsaturated/α-hetero) is 1. The number of halogens is 1. The van der Waals surface area contributed by atoms with Gasteiger partial charge in [-0.1, -0.05) is 0 Å². The predicted octanol–water partition coefficient (Wildman–Crippen LogP) is 0.665. The number of hydrogen-bond donors (Lipinski definition) is 1. The van der Waals surface area contributed by atoms with Gasteiger partial charge in [0.15, 0.2) is 0 Å². The SMILES string of the molecule is CS(=N)(=O)N1CCC(=O)CC1.Cl. The molecule has 1 heterocycles.